The summed E-state index contributed by atoms with van der Waals surface area (Å²) in [7, 11) is 0. The summed E-state index contributed by atoms with van der Waals surface area (Å²) in [5.74, 6) is 0. The molecule has 0 bridgehead atoms. The summed E-state index contributed by atoms with van der Waals surface area (Å²) >= 11 is 0.996. The Hall–Kier alpha value is -1.21. The summed E-state index contributed by atoms with van der Waals surface area (Å²) in [5, 5.41) is 24.5. The van der Waals surface area contributed by atoms with Crippen LogP contribution in [-0.2, 0) is 0 Å². The van der Waals surface area contributed by atoms with Gasteiger partial charge in [0.2, 0.25) is 0 Å². The number of rotatable bonds is 4. The highest BCUT2D eigenvalue weighted by Crippen LogP contribution is 2.40. The predicted molar refractivity (Wildman–Crippen MR) is 74.5 cm³/mol. The molecule has 2 rings (SSSR count). The number of nitrogens with zero attached hydrogens (tertiary/aromatic N) is 2. The SMILES string of the molecule is CC1(C)CCC(O)(CNc2ncc([N+](=O)[O-])s2)CC1. The molecule has 0 atom stereocenters. The standard InChI is InChI=1S/C12H19N3O3S/c1-11(2)3-5-12(16,6-4-11)8-14-10-13-7-9(19-10)15(17)18/h7,16H,3-6,8H2,1-2H3,(H,13,14). The molecule has 1 aromatic rings. The Bertz CT molecular complexity index is 463. The molecule has 1 aliphatic rings. The van der Waals surface area contributed by atoms with Crippen LogP contribution in [0.15, 0.2) is 6.20 Å². The van der Waals surface area contributed by atoms with Gasteiger partial charge in [-0.3, -0.25) is 10.1 Å². The number of aliphatic hydroxyl groups is 1. The molecule has 7 heteroatoms. The summed E-state index contributed by atoms with van der Waals surface area (Å²) in [6, 6.07) is 0. The number of nitro groups is 1. The van der Waals surface area contributed by atoms with Crippen molar-refractivity contribution in [1.82, 2.24) is 4.98 Å². The molecule has 1 saturated carbocycles. The van der Waals surface area contributed by atoms with Crippen molar-refractivity contribution in [3.05, 3.63) is 16.3 Å². The fourth-order valence-corrected chi connectivity index (χ4v) is 2.87. The van der Waals surface area contributed by atoms with Crippen molar-refractivity contribution in [3.63, 3.8) is 0 Å². The molecule has 1 aliphatic carbocycles. The normalized spacial score (nSPS) is 21.0. The number of anilines is 1. The van der Waals surface area contributed by atoms with Crippen LogP contribution in [0.5, 0.6) is 0 Å². The average Bonchev–Trinajstić information content (AvgIpc) is 2.80. The minimum Gasteiger partial charge on any atom is -0.388 e. The molecule has 1 fully saturated rings. The van der Waals surface area contributed by atoms with Crippen molar-refractivity contribution < 1.29 is 10.0 Å². The molecule has 0 amide bonds. The van der Waals surface area contributed by atoms with Gasteiger partial charge in [-0.25, -0.2) is 4.98 Å². The lowest BCUT2D eigenvalue weighted by Gasteiger charge is -2.40. The second-order valence-electron chi connectivity index (χ2n) is 6.00. The van der Waals surface area contributed by atoms with Crippen LogP contribution in [0.2, 0.25) is 0 Å². The molecule has 0 unspecified atom stereocenters. The third kappa shape index (κ3) is 3.63. The van der Waals surface area contributed by atoms with Gasteiger partial charge in [0.25, 0.3) is 0 Å². The van der Waals surface area contributed by atoms with E-state index in [1.165, 1.54) is 6.20 Å². The second kappa shape index (κ2) is 5.05. The quantitative estimate of drug-likeness (QED) is 0.656. The average molecular weight is 285 g/mol. The van der Waals surface area contributed by atoms with Gasteiger partial charge in [-0.2, -0.15) is 0 Å². The summed E-state index contributed by atoms with van der Waals surface area (Å²) in [6.07, 6.45) is 4.72. The summed E-state index contributed by atoms with van der Waals surface area (Å²) in [4.78, 5) is 14.0. The zero-order chi connectivity index (χ0) is 14.1. The van der Waals surface area contributed by atoms with Crippen molar-refractivity contribution >= 4 is 21.5 Å². The Morgan fingerprint density at radius 2 is 2.11 bits per heavy atom. The molecule has 0 aromatic carbocycles. The maximum atomic E-state index is 10.6. The Kier molecular flexibility index (Phi) is 3.78. The van der Waals surface area contributed by atoms with Crippen LogP contribution in [0.1, 0.15) is 39.5 Å². The van der Waals surface area contributed by atoms with Crippen LogP contribution in [0.4, 0.5) is 10.1 Å². The number of nitrogens with one attached hydrogen (secondary N) is 1. The molecule has 0 aliphatic heterocycles. The van der Waals surface area contributed by atoms with E-state index in [9.17, 15) is 15.2 Å². The van der Waals surface area contributed by atoms with Gasteiger partial charge in [0.1, 0.15) is 6.20 Å². The highest BCUT2D eigenvalue weighted by Gasteiger charge is 2.36. The van der Waals surface area contributed by atoms with E-state index in [0.717, 1.165) is 37.0 Å². The van der Waals surface area contributed by atoms with E-state index in [0.29, 0.717) is 17.1 Å². The van der Waals surface area contributed by atoms with E-state index in [2.05, 4.69) is 24.1 Å². The molecular formula is C12H19N3O3S. The third-order valence-corrected chi connectivity index (χ3v) is 4.68. The lowest BCUT2D eigenvalue weighted by atomic mass is 9.71. The van der Waals surface area contributed by atoms with Crippen LogP contribution >= 0.6 is 11.3 Å². The fourth-order valence-electron chi connectivity index (χ4n) is 2.24. The van der Waals surface area contributed by atoms with E-state index in [-0.39, 0.29) is 5.00 Å². The molecule has 1 aromatic heterocycles. The highest BCUT2D eigenvalue weighted by molar-refractivity contribution is 7.18. The Labute approximate surface area is 116 Å². The molecule has 106 valence electrons. The minimum absolute atomic E-state index is 0.0132. The monoisotopic (exact) mass is 285 g/mol. The molecule has 6 nitrogen and oxygen atoms in total. The van der Waals surface area contributed by atoms with Gasteiger partial charge in [0.05, 0.1) is 10.5 Å². The molecule has 0 spiro atoms. The van der Waals surface area contributed by atoms with Crippen LogP contribution in [0.25, 0.3) is 0 Å². The van der Waals surface area contributed by atoms with Gasteiger partial charge < -0.3 is 10.4 Å². The van der Waals surface area contributed by atoms with Gasteiger partial charge in [-0.1, -0.05) is 13.8 Å². The lowest BCUT2D eigenvalue weighted by molar-refractivity contribution is -0.380. The minimum atomic E-state index is -0.726. The molecular weight excluding hydrogens is 266 g/mol. The van der Waals surface area contributed by atoms with E-state index in [4.69, 9.17) is 0 Å². The van der Waals surface area contributed by atoms with Gasteiger partial charge in [-0.15, -0.1) is 0 Å². The van der Waals surface area contributed by atoms with Crippen LogP contribution in [0.3, 0.4) is 0 Å². The van der Waals surface area contributed by atoms with Crippen LogP contribution in [-0.4, -0.2) is 27.2 Å². The van der Waals surface area contributed by atoms with Gasteiger partial charge in [0, 0.05) is 6.54 Å². The first-order chi connectivity index (χ1) is 8.80. The van der Waals surface area contributed by atoms with Crippen molar-refractivity contribution in [1.29, 1.82) is 0 Å². The smallest absolute Gasteiger partial charge is 0.345 e. The molecule has 1 heterocycles. The van der Waals surface area contributed by atoms with Gasteiger partial charge >= 0.3 is 5.00 Å². The van der Waals surface area contributed by atoms with E-state index in [1.54, 1.807) is 0 Å². The Balaban J connectivity index is 1.89. The van der Waals surface area contributed by atoms with Crippen molar-refractivity contribution in [2.75, 3.05) is 11.9 Å². The number of thiazole rings is 1. The number of hydrogen-bond acceptors (Lipinski definition) is 6. The molecule has 0 saturated heterocycles. The van der Waals surface area contributed by atoms with Crippen molar-refractivity contribution in [2.45, 2.75) is 45.1 Å². The Morgan fingerprint density at radius 1 is 1.47 bits per heavy atom. The van der Waals surface area contributed by atoms with E-state index < -0.39 is 10.5 Å². The largest absolute Gasteiger partial charge is 0.388 e. The van der Waals surface area contributed by atoms with Crippen LogP contribution < -0.4 is 5.32 Å². The van der Waals surface area contributed by atoms with Gasteiger partial charge in [0.15, 0.2) is 5.13 Å². The molecule has 19 heavy (non-hydrogen) atoms. The first-order valence-electron chi connectivity index (χ1n) is 6.36. The zero-order valence-corrected chi connectivity index (χ0v) is 12.0. The maximum Gasteiger partial charge on any atom is 0.345 e. The third-order valence-electron chi connectivity index (χ3n) is 3.78. The van der Waals surface area contributed by atoms with E-state index in [1.807, 2.05) is 0 Å². The zero-order valence-electron chi connectivity index (χ0n) is 11.2. The molecule has 0 radical (unpaired) electrons. The fraction of sp³-hybridized carbons (Fsp3) is 0.750. The van der Waals surface area contributed by atoms with E-state index >= 15 is 0 Å². The first kappa shape index (κ1) is 14.2. The predicted octanol–water partition coefficient (Wildman–Crippen LogP) is 2.79. The van der Waals surface area contributed by atoms with Crippen molar-refractivity contribution in [3.8, 4) is 0 Å². The highest BCUT2D eigenvalue weighted by atomic mass is 32.1. The molecule has 2 N–H and O–H groups in total. The number of aromatic nitrogens is 1. The Morgan fingerprint density at radius 3 is 2.63 bits per heavy atom. The first-order valence-corrected chi connectivity index (χ1v) is 7.18. The second-order valence-corrected chi connectivity index (χ2v) is 7.01. The number of hydrogen-bond donors (Lipinski definition) is 2. The summed E-state index contributed by atoms with van der Waals surface area (Å²) in [6.45, 7) is 4.82. The van der Waals surface area contributed by atoms with Crippen molar-refractivity contribution in [2.24, 2.45) is 5.41 Å². The summed E-state index contributed by atoms with van der Waals surface area (Å²) in [5.41, 5.74) is -0.428. The van der Waals surface area contributed by atoms with Crippen LogP contribution in [0, 0.1) is 15.5 Å². The maximum absolute atomic E-state index is 10.6. The lowest BCUT2D eigenvalue weighted by Crippen LogP contribution is -2.42. The van der Waals surface area contributed by atoms with Gasteiger partial charge in [-0.05, 0) is 42.4 Å². The summed E-state index contributed by atoms with van der Waals surface area (Å²) < 4.78 is 0. The topological polar surface area (TPSA) is 88.3 Å².